The van der Waals surface area contributed by atoms with Crippen molar-refractivity contribution in [2.24, 2.45) is 17.8 Å². The largest absolute Gasteiger partial charge is 0.450 e. The summed E-state index contributed by atoms with van der Waals surface area (Å²) in [7, 11) is 0. The Labute approximate surface area is 113 Å². The number of carbonyl (C=O) groups excluding carboxylic acids is 2. The number of piperidine rings is 1. The van der Waals surface area contributed by atoms with Gasteiger partial charge in [0.15, 0.2) is 0 Å². The summed E-state index contributed by atoms with van der Waals surface area (Å²) < 4.78 is 4.97. The number of alkyl carbamates (subject to hydrolysis) is 1. The number of ether oxygens (including phenoxy) is 1. The van der Waals surface area contributed by atoms with Crippen LogP contribution in [0.15, 0.2) is 0 Å². The summed E-state index contributed by atoms with van der Waals surface area (Å²) in [5.74, 6) is 2.00. The summed E-state index contributed by atoms with van der Waals surface area (Å²) in [4.78, 5) is 25.6. The summed E-state index contributed by atoms with van der Waals surface area (Å²) in [5.41, 5.74) is 0. The molecule has 1 heterocycles. The van der Waals surface area contributed by atoms with Gasteiger partial charge in [-0.25, -0.2) is 4.79 Å². The molecule has 5 nitrogen and oxygen atoms in total. The van der Waals surface area contributed by atoms with Crippen LogP contribution in [0.25, 0.3) is 0 Å². The molecule has 0 radical (unpaired) electrons. The first-order chi connectivity index (χ1) is 9.17. The number of carbonyl (C=O) groups is 2. The van der Waals surface area contributed by atoms with E-state index in [9.17, 15) is 9.59 Å². The van der Waals surface area contributed by atoms with Gasteiger partial charge in [-0.2, -0.15) is 0 Å². The summed E-state index contributed by atoms with van der Waals surface area (Å²) >= 11 is 0. The predicted octanol–water partition coefficient (Wildman–Crippen LogP) is 1.38. The number of hydrogen-bond donors (Lipinski definition) is 1. The fourth-order valence-corrected chi connectivity index (χ4v) is 3.18. The van der Waals surface area contributed by atoms with Crippen LogP contribution in [0.3, 0.4) is 0 Å². The van der Waals surface area contributed by atoms with Gasteiger partial charge in [-0.15, -0.1) is 0 Å². The van der Waals surface area contributed by atoms with Crippen LogP contribution in [0.4, 0.5) is 4.79 Å². The number of rotatable bonds is 4. The number of amides is 2. The first-order valence-corrected chi connectivity index (χ1v) is 7.39. The van der Waals surface area contributed by atoms with Crippen LogP contribution in [0, 0.1) is 17.8 Å². The van der Waals surface area contributed by atoms with Crippen LogP contribution in [0.5, 0.6) is 0 Å². The van der Waals surface area contributed by atoms with Gasteiger partial charge in [0.2, 0.25) is 5.91 Å². The molecular formula is C14H22N2O3. The molecular weight excluding hydrogens is 244 g/mol. The Balaban J connectivity index is 1.35. The molecule has 1 N–H and O–H groups in total. The van der Waals surface area contributed by atoms with Gasteiger partial charge in [-0.3, -0.25) is 4.79 Å². The molecule has 3 aliphatic rings. The zero-order valence-corrected chi connectivity index (χ0v) is 11.4. The first kappa shape index (κ1) is 12.8. The number of nitrogens with zero attached hydrogens (tertiary/aromatic N) is 1. The zero-order chi connectivity index (χ0) is 13.4. The molecule has 3 rings (SSSR count). The van der Waals surface area contributed by atoms with Crippen molar-refractivity contribution in [1.82, 2.24) is 10.2 Å². The van der Waals surface area contributed by atoms with E-state index in [0.717, 1.165) is 44.2 Å². The minimum absolute atomic E-state index is 0.119. The molecule has 1 aliphatic heterocycles. The van der Waals surface area contributed by atoms with E-state index in [0.29, 0.717) is 12.5 Å². The quantitative estimate of drug-likeness (QED) is 0.836. The van der Waals surface area contributed by atoms with E-state index in [4.69, 9.17) is 4.74 Å². The van der Waals surface area contributed by atoms with Crippen LogP contribution < -0.4 is 5.32 Å². The lowest BCUT2D eigenvalue weighted by Crippen LogP contribution is -2.50. The van der Waals surface area contributed by atoms with Crippen LogP contribution in [0.2, 0.25) is 0 Å². The third-order valence-corrected chi connectivity index (χ3v) is 4.54. The zero-order valence-electron chi connectivity index (χ0n) is 11.4. The topological polar surface area (TPSA) is 58.6 Å². The second kappa shape index (κ2) is 5.02. The lowest BCUT2D eigenvalue weighted by molar-refractivity contribution is -0.138. The van der Waals surface area contributed by atoms with E-state index in [1.807, 2.05) is 11.8 Å². The van der Waals surface area contributed by atoms with Gasteiger partial charge in [-0.1, -0.05) is 6.92 Å². The lowest BCUT2D eigenvalue weighted by Gasteiger charge is -2.36. The molecule has 0 aromatic carbocycles. The van der Waals surface area contributed by atoms with E-state index < -0.39 is 0 Å². The monoisotopic (exact) mass is 266 g/mol. The summed E-state index contributed by atoms with van der Waals surface area (Å²) in [6.07, 6.45) is 3.34. The Kier molecular flexibility index (Phi) is 3.37. The average Bonchev–Trinajstić information content (AvgIpc) is 2.96. The maximum atomic E-state index is 12.2. The second-order valence-corrected chi connectivity index (χ2v) is 6.14. The third-order valence-electron chi connectivity index (χ3n) is 4.54. The second-order valence-electron chi connectivity index (χ2n) is 6.14. The fraction of sp³-hybridized carbons (Fsp3) is 0.857. The van der Waals surface area contributed by atoms with Gasteiger partial charge in [-0.05, 0) is 37.5 Å². The van der Waals surface area contributed by atoms with Gasteiger partial charge in [0, 0.05) is 25.0 Å². The van der Waals surface area contributed by atoms with Crippen LogP contribution in [0.1, 0.15) is 32.6 Å². The van der Waals surface area contributed by atoms with Gasteiger partial charge >= 0.3 is 6.09 Å². The molecule has 1 saturated heterocycles. The van der Waals surface area contributed by atoms with Crippen LogP contribution in [-0.2, 0) is 9.53 Å². The Morgan fingerprint density at radius 2 is 1.89 bits per heavy atom. The Morgan fingerprint density at radius 1 is 1.21 bits per heavy atom. The minimum Gasteiger partial charge on any atom is -0.450 e. The molecule has 1 unspecified atom stereocenters. The molecule has 0 aromatic rings. The van der Waals surface area contributed by atoms with E-state index in [1.165, 1.54) is 6.42 Å². The maximum Gasteiger partial charge on any atom is 0.407 e. The molecule has 106 valence electrons. The van der Waals surface area contributed by atoms with E-state index in [2.05, 4.69) is 5.32 Å². The van der Waals surface area contributed by atoms with Crippen molar-refractivity contribution in [3.8, 4) is 0 Å². The minimum atomic E-state index is -0.347. The highest BCUT2D eigenvalue weighted by molar-refractivity contribution is 5.81. The maximum absolute atomic E-state index is 12.2. The van der Waals surface area contributed by atoms with Crippen molar-refractivity contribution >= 4 is 12.0 Å². The fourth-order valence-electron chi connectivity index (χ4n) is 3.18. The van der Waals surface area contributed by atoms with Crippen molar-refractivity contribution in [2.75, 3.05) is 19.7 Å². The summed E-state index contributed by atoms with van der Waals surface area (Å²) in [5, 5.41) is 2.81. The Morgan fingerprint density at radius 3 is 2.53 bits per heavy atom. The van der Waals surface area contributed by atoms with E-state index >= 15 is 0 Å². The lowest BCUT2D eigenvalue weighted by atomic mass is 9.79. The summed E-state index contributed by atoms with van der Waals surface area (Å²) in [6, 6.07) is 0.121. The highest BCUT2D eigenvalue weighted by Gasteiger charge is 2.48. The van der Waals surface area contributed by atoms with E-state index in [-0.39, 0.29) is 18.1 Å². The molecule has 3 fully saturated rings. The first-order valence-electron chi connectivity index (χ1n) is 7.39. The molecule has 0 aromatic heterocycles. The normalized spacial score (nSPS) is 35.3. The van der Waals surface area contributed by atoms with Crippen LogP contribution in [-0.4, -0.2) is 42.6 Å². The molecule has 0 spiro atoms. The van der Waals surface area contributed by atoms with Gasteiger partial charge in [0.25, 0.3) is 0 Å². The van der Waals surface area contributed by atoms with Crippen LogP contribution >= 0.6 is 0 Å². The molecule has 0 bridgehead atoms. The number of likely N-dealkylation sites (tertiary alicyclic amines) is 1. The smallest absolute Gasteiger partial charge is 0.407 e. The highest BCUT2D eigenvalue weighted by Crippen LogP contribution is 2.46. The highest BCUT2D eigenvalue weighted by atomic mass is 16.5. The average molecular weight is 266 g/mol. The Bertz CT molecular complexity index is 369. The molecule has 2 aliphatic carbocycles. The van der Waals surface area contributed by atoms with Crippen molar-refractivity contribution in [3.63, 3.8) is 0 Å². The third kappa shape index (κ3) is 2.69. The predicted molar refractivity (Wildman–Crippen MR) is 69.5 cm³/mol. The van der Waals surface area contributed by atoms with Crippen molar-refractivity contribution in [2.45, 2.75) is 38.6 Å². The summed E-state index contributed by atoms with van der Waals surface area (Å²) in [6.45, 7) is 4.36. The molecule has 5 heteroatoms. The standard InChI is InChI=1S/C14H22N2O3/c1-2-3-19-14(18)15-12-5-9(6-12)13(17)16-7-10-4-11(10)8-16/h9-12H,2-8H2,1H3,(H,15,18)/t9?,10-,11?,12?/m1/s1. The van der Waals surface area contributed by atoms with Gasteiger partial charge in [0.05, 0.1) is 6.61 Å². The molecule has 19 heavy (non-hydrogen) atoms. The van der Waals surface area contributed by atoms with Crippen molar-refractivity contribution in [1.29, 1.82) is 0 Å². The molecule has 2 atom stereocenters. The number of hydrogen-bond acceptors (Lipinski definition) is 3. The molecule has 2 amide bonds. The SMILES string of the molecule is CCCOC(=O)NC1CC(C(=O)N2CC3C[C@@H]3C2)C1. The van der Waals surface area contributed by atoms with Crippen molar-refractivity contribution in [3.05, 3.63) is 0 Å². The molecule has 2 saturated carbocycles. The Hall–Kier alpha value is -1.26. The number of fused-ring (bicyclic) bond motifs is 1. The van der Waals surface area contributed by atoms with Gasteiger partial charge in [0.1, 0.15) is 0 Å². The van der Waals surface area contributed by atoms with E-state index in [1.54, 1.807) is 0 Å². The van der Waals surface area contributed by atoms with Crippen molar-refractivity contribution < 1.29 is 14.3 Å². The van der Waals surface area contributed by atoms with Gasteiger partial charge < -0.3 is 15.0 Å². The number of nitrogens with one attached hydrogen (secondary N) is 1.